The number of benzene rings is 2. The number of aromatic hydroxyl groups is 2. The van der Waals surface area contributed by atoms with Gasteiger partial charge in [-0.05, 0) is 35.4 Å². The fraction of sp³-hybridized carbons (Fsp3) is 0. The molecule has 0 saturated heterocycles. The summed E-state index contributed by atoms with van der Waals surface area (Å²) in [5.41, 5.74) is 0.887. The smallest absolute Gasteiger partial charge is 0.158 e. The van der Waals surface area contributed by atoms with Crippen LogP contribution in [0.25, 0.3) is 10.8 Å². The normalized spacial score (nSPS) is 10.5. The van der Waals surface area contributed by atoms with Crippen LogP contribution >= 0.6 is 0 Å². The molecule has 13 heavy (non-hydrogen) atoms. The molecule has 2 heteroatoms. The molecule has 65 valence electrons. The van der Waals surface area contributed by atoms with Gasteiger partial charge in [0.25, 0.3) is 0 Å². The van der Waals surface area contributed by atoms with Crippen molar-refractivity contribution in [3.63, 3.8) is 0 Å². The lowest BCUT2D eigenvalue weighted by molar-refractivity contribution is 0.405. The molecule has 2 rings (SSSR count). The van der Waals surface area contributed by atoms with Crippen LogP contribution in [0.3, 0.4) is 0 Å². The number of rotatable bonds is 0. The molecule has 2 nitrogen and oxygen atoms in total. The van der Waals surface area contributed by atoms with Crippen LogP contribution in [0.15, 0.2) is 30.3 Å². The molecule has 2 aromatic carbocycles. The fourth-order valence-corrected chi connectivity index (χ4v) is 1.32. The molecular weight excluding hydrogens is 164 g/mol. The summed E-state index contributed by atoms with van der Waals surface area (Å²) >= 11 is 0. The van der Waals surface area contributed by atoms with Crippen molar-refractivity contribution in [1.29, 1.82) is 0 Å². The monoisotopic (exact) mass is 173 g/mol. The highest BCUT2D eigenvalue weighted by Crippen LogP contribution is 2.30. The van der Waals surface area contributed by atoms with E-state index in [4.69, 9.17) is 0 Å². The van der Waals surface area contributed by atoms with E-state index in [0.717, 1.165) is 16.3 Å². The van der Waals surface area contributed by atoms with E-state index in [2.05, 4.69) is 6.92 Å². The zero-order chi connectivity index (χ0) is 9.42. The van der Waals surface area contributed by atoms with Gasteiger partial charge in [-0.15, -0.1) is 0 Å². The highest BCUT2D eigenvalue weighted by atomic mass is 16.3. The van der Waals surface area contributed by atoms with E-state index in [1.807, 2.05) is 18.2 Å². The average molecular weight is 173 g/mol. The Morgan fingerprint density at radius 1 is 0.846 bits per heavy atom. The second-order valence-electron chi connectivity index (χ2n) is 3.02. The molecule has 0 fully saturated rings. The standard InChI is InChI=1S/C11H9O2/c1-7-2-3-8-5-10(12)11(13)6-9(8)4-7/h2-6,12-13H,1H2. The number of hydrogen-bond acceptors (Lipinski definition) is 2. The summed E-state index contributed by atoms with van der Waals surface area (Å²) in [6.45, 7) is 3.78. The van der Waals surface area contributed by atoms with Gasteiger partial charge in [0.2, 0.25) is 0 Å². The summed E-state index contributed by atoms with van der Waals surface area (Å²) < 4.78 is 0. The van der Waals surface area contributed by atoms with Crippen molar-refractivity contribution in [3.8, 4) is 11.5 Å². The highest BCUT2D eigenvalue weighted by Gasteiger charge is 2.01. The van der Waals surface area contributed by atoms with E-state index in [1.165, 1.54) is 12.1 Å². The number of fused-ring (bicyclic) bond motifs is 1. The highest BCUT2D eigenvalue weighted by molar-refractivity contribution is 5.86. The van der Waals surface area contributed by atoms with Gasteiger partial charge in [0, 0.05) is 0 Å². The first-order chi connectivity index (χ1) is 6.16. The minimum absolute atomic E-state index is 0.0932. The van der Waals surface area contributed by atoms with Gasteiger partial charge in [-0.3, -0.25) is 0 Å². The third-order valence-electron chi connectivity index (χ3n) is 2.00. The Kier molecular flexibility index (Phi) is 1.62. The van der Waals surface area contributed by atoms with Crippen LogP contribution in [-0.2, 0) is 0 Å². The van der Waals surface area contributed by atoms with Crippen LogP contribution in [0, 0.1) is 6.92 Å². The van der Waals surface area contributed by atoms with Gasteiger partial charge in [0.05, 0.1) is 0 Å². The van der Waals surface area contributed by atoms with E-state index in [0.29, 0.717) is 0 Å². The van der Waals surface area contributed by atoms with Crippen molar-refractivity contribution in [2.45, 2.75) is 0 Å². The largest absolute Gasteiger partial charge is 0.504 e. The second kappa shape index (κ2) is 2.66. The van der Waals surface area contributed by atoms with Gasteiger partial charge < -0.3 is 10.2 Å². The maximum atomic E-state index is 9.24. The first-order valence-corrected chi connectivity index (χ1v) is 3.94. The minimum Gasteiger partial charge on any atom is -0.504 e. The van der Waals surface area contributed by atoms with Gasteiger partial charge in [0.1, 0.15) is 0 Å². The molecule has 0 amide bonds. The second-order valence-corrected chi connectivity index (χ2v) is 3.02. The predicted octanol–water partition coefficient (Wildman–Crippen LogP) is 2.43. The van der Waals surface area contributed by atoms with Crippen molar-refractivity contribution in [2.75, 3.05) is 0 Å². The molecule has 0 bridgehead atoms. The van der Waals surface area contributed by atoms with Crippen molar-refractivity contribution < 1.29 is 10.2 Å². The molecule has 0 aliphatic heterocycles. The van der Waals surface area contributed by atoms with E-state index in [-0.39, 0.29) is 11.5 Å². The van der Waals surface area contributed by atoms with Crippen LogP contribution in [0.4, 0.5) is 0 Å². The lowest BCUT2D eigenvalue weighted by Crippen LogP contribution is -1.76. The molecule has 0 aromatic heterocycles. The van der Waals surface area contributed by atoms with Crippen LogP contribution in [-0.4, -0.2) is 10.2 Å². The molecular formula is C11H9O2. The van der Waals surface area contributed by atoms with Crippen LogP contribution in [0.2, 0.25) is 0 Å². The Morgan fingerprint density at radius 2 is 1.46 bits per heavy atom. The first kappa shape index (κ1) is 7.92. The fourth-order valence-electron chi connectivity index (χ4n) is 1.32. The zero-order valence-electron chi connectivity index (χ0n) is 6.99. The third-order valence-corrected chi connectivity index (χ3v) is 2.00. The third kappa shape index (κ3) is 1.31. The van der Waals surface area contributed by atoms with Crippen LogP contribution in [0.5, 0.6) is 11.5 Å². The van der Waals surface area contributed by atoms with E-state index < -0.39 is 0 Å². The molecule has 0 atom stereocenters. The summed E-state index contributed by atoms with van der Waals surface area (Å²) in [7, 11) is 0. The van der Waals surface area contributed by atoms with Gasteiger partial charge >= 0.3 is 0 Å². The van der Waals surface area contributed by atoms with Gasteiger partial charge in [-0.2, -0.15) is 0 Å². The zero-order valence-corrected chi connectivity index (χ0v) is 6.99. The van der Waals surface area contributed by atoms with E-state index >= 15 is 0 Å². The Hall–Kier alpha value is -1.70. The van der Waals surface area contributed by atoms with Crippen LogP contribution in [0.1, 0.15) is 5.56 Å². The average Bonchev–Trinajstić information content (AvgIpc) is 2.08. The molecule has 1 radical (unpaired) electrons. The van der Waals surface area contributed by atoms with Gasteiger partial charge in [-0.1, -0.05) is 18.2 Å². The molecule has 2 N–H and O–H groups in total. The molecule has 0 saturated carbocycles. The quantitative estimate of drug-likeness (QED) is 0.600. The van der Waals surface area contributed by atoms with Crippen LogP contribution < -0.4 is 0 Å². The van der Waals surface area contributed by atoms with E-state index in [1.54, 1.807) is 0 Å². The lowest BCUT2D eigenvalue weighted by Gasteiger charge is -2.02. The molecule has 0 aliphatic rings. The van der Waals surface area contributed by atoms with Crippen molar-refractivity contribution in [3.05, 3.63) is 42.8 Å². The molecule has 0 heterocycles. The molecule has 2 aromatic rings. The van der Waals surface area contributed by atoms with Gasteiger partial charge in [0.15, 0.2) is 11.5 Å². The Labute approximate surface area is 76.1 Å². The summed E-state index contributed by atoms with van der Waals surface area (Å²) in [5, 5.41) is 20.2. The minimum atomic E-state index is -0.0990. The number of hydrogen-bond donors (Lipinski definition) is 2. The summed E-state index contributed by atoms with van der Waals surface area (Å²) in [4.78, 5) is 0. The van der Waals surface area contributed by atoms with Gasteiger partial charge in [-0.25, -0.2) is 0 Å². The van der Waals surface area contributed by atoms with E-state index in [9.17, 15) is 10.2 Å². The maximum Gasteiger partial charge on any atom is 0.158 e. The summed E-state index contributed by atoms with van der Waals surface area (Å²) in [6.07, 6.45) is 0. The topological polar surface area (TPSA) is 40.5 Å². The molecule has 0 spiro atoms. The summed E-state index contributed by atoms with van der Waals surface area (Å²) in [5.74, 6) is -0.192. The Morgan fingerprint density at radius 3 is 2.15 bits per heavy atom. The number of phenolic OH excluding ortho intramolecular Hbond substituents is 2. The number of phenols is 2. The Bertz CT molecular complexity index is 461. The lowest BCUT2D eigenvalue weighted by atomic mass is 10.1. The van der Waals surface area contributed by atoms with Crippen molar-refractivity contribution >= 4 is 10.8 Å². The first-order valence-electron chi connectivity index (χ1n) is 3.94. The summed E-state index contributed by atoms with van der Waals surface area (Å²) in [6, 6.07) is 8.63. The van der Waals surface area contributed by atoms with Crippen molar-refractivity contribution in [2.24, 2.45) is 0 Å². The van der Waals surface area contributed by atoms with Crippen molar-refractivity contribution in [1.82, 2.24) is 0 Å². The molecule has 0 unspecified atom stereocenters. The SMILES string of the molecule is [CH2]c1ccc2cc(O)c(O)cc2c1. The predicted molar refractivity (Wildman–Crippen MR) is 51.7 cm³/mol. The maximum absolute atomic E-state index is 9.24. The molecule has 0 aliphatic carbocycles. The Balaban J connectivity index is 2.81.